The summed E-state index contributed by atoms with van der Waals surface area (Å²) in [6.07, 6.45) is 0.880. The van der Waals surface area contributed by atoms with Crippen LogP contribution in [0.25, 0.3) is 0 Å². The molecule has 0 fully saturated rings. The number of hydrogen-bond acceptors (Lipinski definition) is 3. The van der Waals surface area contributed by atoms with E-state index < -0.39 is 6.10 Å². The summed E-state index contributed by atoms with van der Waals surface area (Å²) in [5.41, 5.74) is 2.27. The van der Waals surface area contributed by atoms with Crippen molar-refractivity contribution in [2.45, 2.75) is 25.9 Å². The molecule has 1 unspecified atom stereocenters. The Morgan fingerprint density at radius 3 is 2.43 bits per heavy atom. The van der Waals surface area contributed by atoms with Crippen LogP contribution in [0.3, 0.4) is 0 Å². The lowest BCUT2D eigenvalue weighted by Crippen LogP contribution is -2.36. The van der Waals surface area contributed by atoms with Gasteiger partial charge in [0.05, 0.1) is 6.10 Å². The molecule has 0 bridgehead atoms. The minimum Gasteiger partial charge on any atom is -0.484 e. The second kappa shape index (κ2) is 8.96. The van der Waals surface area contributed by atoms with E-state index in [0.29, 0.717) is 12.2 Å². The molecule has 0 spiro atoms. The molecule has 0 aliphatic heterocycles. The number of aryl methyl sites for hydroxylation is 1. The minimum absolute atomic E-state index is 0.0521. The summed E-state index contributed by atoms with van der Waals surface area (Å²) in [6, 6.07) is 17.4. The van der Waals surface area contributed by atoms with Crippen molar-refractivity contribution in [2.75, 3.05) is 13.2 Å². The van der Waals surface area contributed by atoms with E-state index in [1.165, 1.54) is 5.56 Å². The van der Waals surface area contributed by atoms with Crippen LogP contribution in [0.1, 0.15) is 18.1 Å². The van der Waals surface area contributed by atoms with Gasteiger partial charge >= 0.3 is 0 Å². The average molecular weight is 313 g/mol. The number of hydrogen-bond donors (Lipinski definition) is 2. The third-order valence-corrected chi connectivity index (χ3v) is 3.55. The van der Waals surface area contributed by atoms with E-state index in [1.54, 1.807) is 0 Å². The monoisotopic (exact) mass is 313 g/mol. The van der Waals surface area contributed by atoms with Gasteiger partial charge in [-0.1, -0.05) is 49.4 Å². The van der Waals surface area contributed by atoms with Crippen molar-refractivity contribution in [2.24, 2.45) is 0 Å². The highest BCUT2D eigenvalue weighted by Gasteiger charge is 2.08. The number of nitrogens with one attached hydrogen (secondary N) is 1. The fraction of sp³-hybridized carbons (Fsp3) is 0.316. The molecular formula is C19H23NO3. The first kappa shape index (κ1) is 17.0. The number of benzene rings is 2. The average Bonchev–Trinajstić information content (AvgIpc) is 2.59. The number of aliphatic hydroxyl groups excluding tert-OH is 1. The van der Waals surface area contributed by atoms with Crippen LogP contribution >= 0.6 is 0 Å². The summed E-state index contributed by atoms with van der Waals surface area (Å²) < 4.78 is 5.42. The molecule has 0 saturated carbocycles. The predicted molar refractivity (Wildman–Crippen MR) is 90.5 cm³/mol. The molecule has 2 N–H and O–H groups in total. The number of aliphatic hydroxyl groups is 1. The molecule has 0 radical (unpaired) electrons. The number of ether oxygens (including phenoxy) is 1. The topological polar surface area (TPSA) is 58.6 Å². The van der Waals surface area contributed by atoms with Crippen LogP contribution in [0, 0.1) is 0 Å². The molecule has 2 aromatic carbocycles. The first-order chi connectivity index (χ1) is 11.2. The number of amides is 1. The lowest BCUT2D eigenvalue weighted by Gasteiger charge is -2.12. The van der Waals surface area contributed by atoms with Crippen LogP contribution in [-0.2, 0) is 17.6 Å². The van der Waals surface area contributed by atoms with E-state index in [2.05, 4.69) is 12.2 Å². The first-order valence-electron chi connectivity index (χ1n) is 7.87. The van der Waals surface area contributed by atoms with Crippen LogP contribution in [-0.4, -0.2) is 30.3 Å². The van der Waals surface area contributed by atoms with Gasteiger partial charge in [0.15, 0.2) is 6.61 Å². The Hall–Kier alpha value is -2.33. The number of rotatable bonds is 8. The van der Waals surface area contributed by atoms with Crippen LogP contribution in [0.15, 0.2) is 54.6 Å². The van der Waals surface area contributed by atoms with E-state index in [0.717, 1.165) is 12.0 Å². The summed E-state index contributed by atoms with van der Waals surface area (Å²) in [5, 5.41) is 12.6. The van der Waals surface area contributed by atoms with Crippen molar-refractivity contribution >= 4 is 5.91 Å². The van der Waals surface area contributed by atoms with Crippen molar-refractivity contribution in [3.8, 4) is 5.75 Å². The van der Waals surface area contributed by atoms with Crippen LogP contribution < -0.4 is 10.1 Å². The van der Waals surface area contributed by atoms with Gasteiger partial charge in [0.2, 0.25) is 0 Å². The van der Waals surface area contributed by atoms with Gasteiger partial charge in [-0.15, -0.1) is 0 Å². The van der Waals surface area contributed by atoms with Gasteiger partial charge in [-0.2, -0.15) is 0 Å². The lowest BCUT2D eigenvalue weighted by molar-refractivity contribution is -0.123. The second-order valence-electron chi connectivity index (χ2n) is 5.43. The smallest absolute Gasteiger partial charge is 0.258 e. The van der Waals surface area contributed by atoms with Crippen molar-refractivity contribution in [1.82, 2.24) is 5.32 Å². The number of carbonyl (C=O) groups excluding carboxylic acids is 1. The largest absolute Gasteiger partial charge is 0.484 e. The molecule has 122 valence electrons. The fourth-order valence-corrected chi connectivity index (χ4v) is 2.21. The molecule has 2 rings (SSSR count). The fourth-order valence-electron chi connectivity index (χ4n) is 2.21. The Balaban J connectivity index is 1.68. The quantitative estimate of drug-likeness (QED) is 0.786. The summed E-state index contributed by atoms with van der Waals surface area (Å²) in [6.45, 7) is 2.25. The molecule has 0 aromatic heterocycles. The maximum Gasteiger partial charge on any atom is 0.258 e. The minimum atomic E-state index is -0.606. The lowest BCUT2D eigenvalue weighted by atomic mass is 10.1. The maximum atomic E-state index is 11.7. The molecule has 4 nitrogen and oxygen atoms in total. The zero-order chi connectivity index (χ0) is 16.5. The SMILES string of the molecule is CCc1ccc(OCC(=O)NCC(O)Cc2ccccc2)cc1. The number of carbonyl (C=O) groups is 1. The van der Waals surface area contributed by atoms with Crippen molar-refractivity contribution in [3.63, 3.8) is 0 Å². The van der Waals surface area contributed by atoms with Crippen LogP contribution in [0.2, 0.25) is 0 Å². The Kier molecular flexibility index (Phi) is 6.63. The van der Waals surface area contributed by atoms with Gasteiger partial charge in [0, 0.05) is 13.0 Å². The Morgan fingerprint density at radius 2 is 1.78 bits per heavy atom. The highest BCUT2D eigenvalue weighted by molar-refractivity contribution is 5.77. The van der Waals surface area contributed by atoms with Gasteiger partial charge in [0.25, 0.3) is 5.91 Å². The second-order valence-corrected chi connectivity index (χ2v) is 5.43. The molecule has 23 heavy (non-hydrogen) atoms. The van der Waals surface area contributed by atoms with Crippen molar-refractivity contribution in [3.05, 3.63) is 65.7 Å². The van der Waals surface area contributed by atoms with Gasteiger partial charge in [-0.3, -0.25) is 4.79 Å². The third-order valence-electron chi connectivity index (χ3n) is 3.55. The molecular weight excluding hydrogens is 290 g/mol. The highest BCUT2D eigenvalue weighted by atomic mass is 16.5. The molecule has 1 amide bonds. The molecule has 0 aliphatic carbocycles. The van der Waals surface area contributed by atoms with Crippen LogP contribution in [0.4, 0.5) is 0 Å². The molecule has 0 saturated heterocycles. The van der Waals surface area contributed by atoms with Crippen LogP contribution in [0.5, 0.6) is 5.75 Å². The van der Waals surface area contributed by atoms with Crippen molar-refractivity contribution in [1.29, 1.82) is 0 Å². The summed E-state index contributed by atoms with van der Waals surface area (Å²) in [5.74, 6) is 0.430. The summed E-state index contributed by atoms with van der Waals surface area (Å²) >= 11 is 0. The van der Waals surface area contributed by atoms with E-state index in [1.807, 2.05) is 54.6 Å². The van der Waals surface area contributed by atoms with E-state index in [4.69, 9.17) is 4.74 Å². The molecule has 1 atom stereocenters. The highest BCUT2D eigenvalue weighted by Crippen LogP contribution is 2.12. The summed E-state index contributed by atoms with van der Waals surface area (Å²) in [4.78, 5) is 11.7. The Morgan fingerprint density at radius 1 is 1.09 bits per heavy atom. The maximum absolute atomic E-state index is 11.7. The Labute approximate surface area is 137 Å². The summed E-state index contributed by atoms with van der Waals surface area (Å²) in [7, 11) is 0. The molecule has 2 aromatic rings. The molecule has 0 heterocycles. The molecule has 4 heteroatoms. The standard InChI is InChI=1S/C19H23NO3/c1-2-15-8-10-18(11-9-15)23-14-19(22)20-13-17(21)12-16-6-4-3-5-7-16/h3-11,17,21H,2,12-14H2,1H3,(H,20,22). The Bertz CT molecular complexity index is 596. The van der Waals surface area contributed by atoms with Gasteiger partial charge in [-0.05, 0) is 29.7 Å². The zero-order valence-electron chi connectivity index (χ0n) is 13.4. The van der Waals surface area contributed by atoms with E-state index in [-0.39, 0.29) is 19.1 Å². The molecule has 0 aliphatic rings. The third kappa shape index (κ3) is 6.12. The van der Waals surface area contributed by atoms with Gasteiger partial charge in [0.1, 0.15) is 5.75 Å². The van der Waals surface area contributed by atoms with Gasteiger partial charge < -0.3 is 15.2 Å². The normalized spacial score (nSPS) is 11.7. The zero-order valence-corrected chi connectivity index (χ0v) is 13.4. The first-order valence-corrected chi connectivity index (χ1v) is 7.87. The van der Waals surface area contributed by atoms with Gasteiger partial charge in [-0.25, -0.2) is 0 Å². The van der Waals surface area contributed by atoms with Crippen molar-refractivity contribution < 1.29 is 14.6 Å². The van der Waals surface area contributed by atoms with E-state index in [9.17, 15) is 9.90 Å². The predicted octanol–water partition coefficient (Wildman–Crippen LogP) is 2.35. The van der Waals surface area contributed by atoms with E-state index >= 15 is 0 Å².